The van der Waals surface area contributed by atoms with Crippen LogP contribution in [0.4, 0.5) is 0 Å². The lowest BCUT2D eigenvalue weighted by molar-refractivity contribution is 0.459. The molecule has 0 bridgehead atoms. The Morgan fingerprint density at radius 1 is 1.06 bits per heavy atom. The van der Waals surface area contributed by atoms with E-state index in [2.05, 4.69) is 9.97 Å². The average Bonchev–Trinajstić information content (AvgIpc) is 2.28. The number of hydrogen-bond acceptors (Lipinski definition) is 4. The molecule has 0 atom stereocenters. The molecule has 17 heavy (non-hydrogen) atoms. The van der Waals surface area contributed by atoms with Gasteiger partial charge in [-0.2, -0.15) is 0 Å². The first-order valence-electron chi connectivity index (χ1n) is 4.82. The highest BCUT2D eigenvalue weighted by atomic mass is 35.5. The summed E-state index contributed by atoms with van der Waals surface area (Å²) in [7, 11) is 0. The molecule has 1 aromatic heterocycles. The lowest BCUT2D eigenvalue weighted by Crippen LogP contribution is -2.00. The molecule has 0 spiro atoms. The highest BCUT2D eigenvalue weighted by Crippen LogP contribution is 2.27. The topological polar surface area (TPSA) is 61.0 Å². The van der Waals surface area contributed by atoms with Gasteiger partial charge in [0.2, 0.25) is 5.88 Å². The molecular weight excluding hydrogens is 261 g/mol. The first-order valence-corrected chi connectivity index (χ1v) is 5.58. The van der Waals surface area contributed by atoms with Crippen molar-refractivity contribution in [1.82, 2.24) is 9.97 Å². The smallest absolute Gasteiger partial charge is 0.237 e. The fourth-order valence-corrected chi connectivity index (χ4v) is 1.72. The lowest BCUT2D eigenvalue weighted by Gasteiger charge is -2.05. The minimum atomic E-state index is 0.344. The quantitative estimate of drug-likeness (QED) is 0.931. The van der Waals surface area contributed by atoms with E-state index in [0.717, 1.165) is 0 Å². The highest BCUT2D eigenvalue weighted by Gasteiger charge is 2.02. The van der Waals surface area contributed by atoms with E-state index < -0.39 is 0 Å². The summed E-state index contributed by atoms with van der Waals surface area (Å²) in [4.78, 5) is 8.11. The molecule has 0 unspecified atom stereocenters. The Balaban J connectivity index is 2.19. The minimum absolute atomic E-state index is 0.344. The molecular formula is C11H9Cl2N3O. The molecule has 2 rings (SSSR count). The van der Waals surface area contributed by atoms with Gasteiger partial charge >= 0.3 is 0 Å². The molecule has 0 saturated carbocycles. The predicted octanol–water partition coefficient (Wildman–Crippen LogP) is 3.03. The standard InChI is InChI=1S/C11H9Cl2N3O/c12-7-1-8(13)3-10(2-7)17-11-6-15-9(4-14)5-16-11/h1-3,5-6H,4,14H2. The van der Waals surface area contributed by atoms with Crippen LogP contribution in [0.25, 0.3) is 0 Å². The second-order valence-electron chi connectivity index (χ2n) is 3.26. The highest BCUT2D eigenvalue weighted by molar-refractivity contribution is 6.34. The number of halogens is 2. The molecule has 0 amide bonds. The molecule has 0 saturated heterocycles. The van der Waals surface area contributed by atoms with Crippen molar-refractivity contribution >= 4 is 23.2 Å². The summed E-state index contributed by atoms with van der Waals surface area (Å²) in [5.41, 5.74) is 6.11. The normalized spacial score (nSPS) is 10.3. The second-order valence-corrected chi connectivity index (χ2v) is 4.13. The molecule has 4 nitrogen and oxygen atoms in total. The van der Waals surface area contributed by atoms with Crippen molar-refractivity contribution in [2.24, 2.45) is 5.73 Å². The molecule has 88 valence electrons. The summed E-state index contributed by atoms with van der Waals surface area (Å²) in [5, 5.41) is 0.998. The van der Waals surface area contributed by atoms with Gasteiger partial charge in [-0.15, -0.1) is 0 Å². The van der Waals surface area contributed by atoms with Gasteiger partial charge in [-0.25, -0.2) is 4.98 Å². The van der Waals surface area contributed by atoms with Crippen molar-refractivity contribution < 1.29 is 4.74 Å². The van der Waals surface area contributed by atoms with Gasteiger partial charge in [0.05, 0.1) is 18.1 Å². The van der Waals surface area contributed by atoms with Crippen LogP contribution in [0.5, 0.6) is 11.6 Å². The minimum Gasteiger partial charge on any atom is -0.437 e. The monoisotopic (exact) mass is 269 g/mol. The Labute approximate surface area is 108 Å². The van der Waals surface area contributed by atoms with Crippen LogP contribution in [0, 0.1) is 0 Å². The fourth-order valence-electron chi connectivity index (χ4n) is 1.21. The van der Waals surface area contributed by atoms with Crippen LogP contribution in [-0.4, -0.2) is 9.97 Å². The van der Waals surface area contributed by atoms with Gasteiger partial charge in [0.25, 0.3) is 0 Å². The van der Waals surface area contributed by atoms with Gasteiger partial charge < -0.3 is 10.5 Å². The zero-order valence-corrected chi connectivity index (χ0v) is 10.2. The molecule has 2 N–H and O–H groups in total. The summed E-state index contributed by atoms with van der Waals surface area (Å²) < 4.78 is 5.46. The van der Waals surface area contributed by atoms with Crippen molar-refractivity contribution in [3.63, 3.8) is 0 Å². The zero-order valence-electron chi connectivity index (χ0n) is 8.73. The molecule has 0 aliphatic rings. The number of nitrogens with two attached hydrogens (primary N) is 1. The Morgan fingerprint density at radius 2 is 1.76 bits per heavy atom. The third-order valence-electron chi connectivity index (χ3n) is 1.95. The van der Waals surface area contributed by atoms with Crippen molar-refractivity contribution in [3.8, 4) is 11.6 Å². The van der Waals surface area contributed by atoms with E-state index >= 15 is 0 Å². The maximum absolute atomic E-state index is 5.85. The molecule has 0 aliphatic carbocycles. The number of nitrogens with zero attached hydrogens (tertiary/aromatic N) is 2. The summed E-state index contributed by atoms with van der Waals surface area (Å²) in [6, 6.07) is 4.91. The van der Waals surface area contributed by atoms with E-state index in [0.29, 0.717) is 33.9 Å². The summed E-state index contributed by atoms with van der Waals surface area (Å²) in [6.45, 7) is 0.344. The Hall–Kier alpha value is -1.36. The van der Waals surface area contributed by atoms with Crippen molar-refractivity contribution in [1.29, 1.82) is 0 Å². The molecule has 1 aromatic carbocycles. The van der Waals surface area contributed by atoms with E-state index in [9.17, 15) is 0 Å². The Kier molecular flexibility index (Phi) is 3.78. The number of hydrogen-bond donors (Lipinski definition) is 1. The molecule has 0 aliphatic heterocycles. The maximum Gasteiger partial charge on any atom is 0.237 e. The van der Waals surface area contributed by atoms with Crippen LogP contribution in [-0.2, 0) is 6.54 Å². The Bertz CT molecular complexity index is 496. The van der Waals surface area contributed by atoms with Gasteiger partial charge in [0.1, 0.15) is 5.75 Å². The first-order chi connectivity index (χ1) is 8.17. The number of ether oxygens (including phenoxy) is 1. The lowest BCUT2D eigenvalue weighted by atomic mass is 10.3. The van der Waals surface area contributed by atoms with Crippen LogP contribution >= 0.6 is 23.2 Å². The van der Waals surface area contributed by atoms with Crippen molar-refractivity contribution in [3.05, 3.63) is 46.3 Å². The third kappa shape index (κ3) is 3.30. The van der Waals surface area contributed by atoms with E-state index in [1.165, 1.54) is 6.20 Å². The number of benzene rings is 1. The number of aromatic nitrogens is 2. The van der Waals surface area contributed by atoms with Crippen LogP contribution in [0.3, 0.4) is 0 Å². The second kappa shape index (κ2) is 5.31. The van der Waals surface area contributed by atoms with Gasteiger partial charge in [0.15, 0.2) is 0 Å². The Morgan fingerprint density at radius 3 is 2.29 bits per heavy atom. The number of rotatable bonds is 3. The molecule has 6 heteroatoms. The van der Waals surface area contributed by atoms with Crippen LogP contribution < -0.4 is 10.5 Å². The largest absolute Gasteiger partial charge is 0.437 e. The SMILES string of the molecule is NCc1cnc(Oc2cc(Cl)cc(Cl)c2)cn1. The third-order valence-corrected chi connectivity index (χ3v) is 2.39. The van der Waals surface area contributed by atoms with Crippen molar-refractivity contribution in [2.75, 3.05) is 0 Å². The summed E-state index contributed by atoms with van der Waals surface area (Å²) >= 11 is 11.7. The van der Waals surface area contributed by atoms with Gasteiger partial charge in [0, 0.05) is 16.6 Å². The van der Waals surface area contributed by atoms with Gasteiger partial charge in [-0.1, -0.05) is 23.2 Å². The van der Waals surface area contributed by atoms with E-state index in [-0.39, 0.29) is 0 Å². The summed E-state index contributed by atoms with van der Waals surface area (Å²) in [5.74, 6) is 0.873. The van der Waals surface area contributed by atoms with E-state index in [4.69, 9.17) is 33.7 Å². The van der Waals surface area contributed by atoms with E-state index in [1.807, 2.05) is 0 Å². The van der Waals surface area contributed by atoms with Crippen LogP contribution in [0.15, 0.2) is 30.6 Å². The van der Waals surface area contributed by atoms with Crippen LogP contribution in [0.2, 0.25) is 10.0 Å². The van der Waals surface area contributed by atoms with Crippen molar-refractivity contribution in [2.45, 2.75) is 6.54 Å². The molecule has 0 fully saturated rings. The molecule has 0 radical (unpaired) electrons. The maximum atomic E-state index is 5.85. The predicted molar refractivity (Wildman–Crippen MR) is 66.5 cm³/mol. The summed E-state index contributed by atoms with van der Waals surface area (Å²) in [6.07, 6.45) is 3.05. The van der Waals surface area contributed by atoms with Gasteiger partial charge in [-0.05, 0) is 18.2 Å². The molecule has 1 heterocycles. The fraction of sp³-hybridized carbons (Fsp3) is 0.0909. The average molecular weight is 270 g/mol. The zero-order chi connectivity index (χ0) is 12.3. The molecule has 2 aromatic rings. The first kappa shape index (κ1) is 12.1. The van der Waals surface area contributed by atoms with E-state index in [1.54, 1.807) is 24.4 Å². The van der Waals surface area contributed by atoms with Crippen LogP contribution in [0.1, 0.15) is 5.69 Å². The van der Waals surface area contributed by atoms with Gasteiger partial charge in [-0.3, -0.25) is 4.98 Å².